The Balaban J connectivity index is 3.74. The fourth-order valence-corrected chi connectivity index (χ4v) is 1.65. The third kappa shape index (κ3) is 1.98. The zero-order valence-electron chi connectivity index (χ0n) is 7.70. The Labute approximate surface area is 87.9 Å². The maximum Gasteiger partial charge on any atom is 0.335 e. The lowest BCUT2D eigenvalue weighted by Crippen LogP contribution is -2.04. The summed E-state index contributed by atoms with van der Waals surface area (Å²) in [5, 5.41) is 10.3. The van der Waals surface area contributed by atoms with Crippen LogP contribution in [-0.2, 0) is 10.2 Å². The van der Waals surface area contributed by atoms with Gasteiger partial charge < -0.3 is 0 Å². The molecule has 0 saturated heterocycles. The number of hydrogen-bond acceptors (Lipinski definition) is 4. The molecule has 5 nitrogen and oxygen atoms in total. The van der Waals surface area contributed by atoms with E-state index in [1.165, 1.54) is 0 Å². The molecule has 0 amide bonds. The molecule has 0 aromatic heterocycles. The molecule has 0 saturated carbocycles. The predicted molar refractivity (Wildman–Crippen MR) is 46.0 cm³/mol. The Bertz CT molecular complexity index is 569. The summed E-state index contributed by atoms with van der Waals surface area (Å²) >= 11 is 0. The van der Waals surface area contributed by atoms with E-state index in [2.05, 4.69) is 0 Å². The minimum absolute atomic E-state index is 0.00694. The monoisotopic (exact) mass is 255 g/mol. The van der Waals surface area contributed by atoms with Gasteiger partial charge in [0.2, 0.25) is 5.82 Å². The number of rotatable bonds is 2. The molecule has 0 atom stereocenters. The molecular formula is C7H4F3NO4S. The molecule has 1 rings (SSSR count). The third-order valence-electron chi connectivity index (χ3n) is 1.83. The van der Waals surface area contributed by atoms with E-state index >= 15 is 0 Å². The number of nitro groups is 1. The van der Waals surface area contributed by atoms with Gasteiger partial charge in [-0.1, -0.05) is 0 Å². The van der Waals surface area contributed by atoms with Gasteiger partial charge in [-0.2, -0.15) is 12.8 Å². The average Bonchev–Trinajstić information content (AvgIpc) is 2.11. The minimum Gasteiger partial charge on any atom is -0.258 e. The van der Waals surface area contributed by atoms with Crippen molar-refractivity contribution in [3.8, 4) is 0 Å². The van der Waals surface area contributed by atoms with Gasteiger partial charge in [-0.25, -0.2) is 4.39 Å². The van der Waals surface area contributed by atoms with Crippen LogP contribution in [0.1, 0.15) is 5.56 Å². The second kappa shape index (κ2) is 3.74. The van der Waals surface area contributed by atoms with Crippen LogP contribution in [0, 0.1) is 28.7 Å². The molecule has 16 heavy (non-hydrogen) atoms. The van der Waals surface area contributed by atoms with Gasteiger partial charge in [-0.05, 0) is 6.92 Å². The highest BCUT2D eigenvalue weighted by atomic mass is 32.3. The Morgan fingerprint density at radius 2 is 1.81 bits per heavy atom. The summed E-state index contributed by atoms with van der Waals surface area (Å²) in [7, 11) is -5.47. The van der Waals surface area contributed by atoms with Gasteiger partial charge >= 0.3 is 15.9 Å². The SMILES string of the molecule is Cc1c(F)c([N+](=O)[O-])cc(S(=O)(=O)F)c1F. The summed E-state index contributed by atoms with van der Waals surface area (Å²) < 4.78 is 59.6. The molecule has 0 bridgehead atoms. The molecule has 0 aliphatic heterocycles. The number of hydrogen-bond donors (Lipinski definition) is 0. The first-order valence-electron chi connectivity index (χ1n) is 3.74. The van der Waals surface area contributed by atoms with Gasteiger partial charge in [0.1, 0.15) is 4.90 Å². The Morgan fingerprint density at radius 1 is 1.31 bits per heavy atom. The van der Waals surface area contributed by atoms with Crippen molar-refractivity contribution < 1.29 is 26.0 Å². The van der Waals surface area contributed by atoms with E-state index in [1.54, 1.807) is 0 Å². The molecule has 0 spiro atoms. The van der Waals surface area contributed by atoms with Crippen molar-refractivity contribution in [1.82, 2.24) is 0 Å². The molecule has 0 unspecified atom stereocenters. The van der Waals surface area contributed by atoms with E-state index in [0.29, 0.717) is 0 Å². The highest BCUT2D eigenvalue weighted by Crippen LogP contribution is 2.29. The van der Waals surface area contributed by atoms with Crippen LogP contribution in [-0.4, -0.2) is 13.3 Å². The second-order valence-electron chi connectivity index (χ2n) is 2.84. The van der Waals surface area contributed by atoms with Gasteiger partial charge in [-0.3, -0.25) is 10.1 Å². The standard InChI is InChI=1S/C7H4F3NO4S/c1-3-6(8)4(11(12)13)2-5(7(3)9)16(10,14)15/h2H,1H3. The molecule has 0 radical (unpaired) electrons. The lowest BCUT2D eigenvalue weighted by molar-refractivity contribution is -0.387. The van der Waals surface area contributed by atoms with Crippen molar-refractivity contribution in [2.45, 2.75) is 11.8 Å². The molecule has 9 heteroatoms. The summed E-state index contributed by atoms with van der Waals surface area (Å²) in [6.07, 6.45) is 0. The van der Waals surface area contributed by atoms with Gasteiger partial charge in [-0.15, -0.1) is 3.89 Å². The highest BCUT2D eigenvalue weighted by molar-refractivity contribution is 7.86. The first-order valence-corrected chi connectivity index (χ1v) is 5.12. The van der Waals surface area contributed by atoms with Crippen LogP contribution in [0.2, 0.25) is 0 Å². The van der Waals surface area contributed by atoms with Crippen LogP contribution in [0.25, 0.3) is 0 Å². The molecule has 88 valence electrons. The van der Waals surface area contributed by atoms with E-state index < -0.39 is 42.9 Å². The van der Waals surface area contributed by atoms with Gasteiger partial charge in [0.15, 0.2) is 5.82 Å². The Kier molecular flexibility index (Phi) is 2.91. The number of benzene rings is 1. The number of halogens is 3. The number of nitro benzene ring substituents is 1. The predicted octanol–water partition coefficient (Wildman–Crippen LogP) is 1.84. The summed E-state index contributed by atoms with van der Waals surface area (Å²) in [5.74, 6) is -3.21. The summed E-state index contributed by atoms with van der Waals surface area (Å²) in [4.78, 5) is 7.48. The van der Waals surface area contributed by atoms with Crippen molar-refractivity contribution in [3.05, 3.63) is 33.4 Å². The second-order valence-corrected chi connectivity index (χ2v) is 4.16. The molecule has 0 N–H and O–H groups in total. The zero-order valence-corrected chi connectivity index (χ0v) is 8.52. The number of nitrogens with zero attached hydrogens (tertiary/aromatic N) is 1. The van der Waals surface area contributed by atoms with Gasteiger partial charge in [0.05, 0.1) is 4.92 Å². The lowest BCUT2D eigenvalue weighted by atomic mass is 10.2. The van der Waals surface area contributed by atoms with Crippen molar-refractivity contribution in [2.75, 3.05) is 0 Å². The third-order valence-corrected chi connectivity index (χ3v) is 2.65. The van der Waals surface area contributed by atoms with Gasteiger partial charge in [0, 0.05) is 11.6 Å². The summed E-state index contributed by atoms with van der Waals surface area (Å²) in [6.45, 7) is 0.770. The molecule has 0 aliphatic rings. The quantitative estimate of drug-likeness (QED) is 0.459. The summed E-state index contributed by atoms with van der Waals surface area (Å²) in [5.41, 5.74) is -2.22. The van der Waals surface area contributed by atoms with Crippen LogP contribution >= 0.6 is 0 Å². The topological polar surface area (TPSA) is 77.3 Å². The summed E-state index contributed by atoms with van der Waals surface area (Å²) in [6, 6.07) is 0.00694. The highest BCUT2D eigenvalue weighted by Gasteiger charge is 2.29. The first kappa shape index (κ1) is 12.4. The van der Waals surface area contributed by atoms with Crippen molar-refractivity contribution in [3.63, 3.8) is 0 Å². The van der Waals surface area contributed by atoms with E-state index in [4.69, 9.17) is 0 Å². The molecule has 0 heterocycles. The van der Waals surface area contributed by atoms with Gasteiger partial charge in [0.25, 0.3) is 0 Å². The van der Waals surface area contributed by atoms with Crippen LogP contribution in [0.5, 0.6) is 0 Å². The zero-order chi connectivity index (χ0) is 12.7. The van der Waals surface area contributed by atoms with Crippen LogP contribution < -0.4 is 0 Å². The largest absolute Gasteiger partial charge is 0.335 e. The fraction of sp³-hybridized carbons (Fsp3) is 0.143. The minimum atomic E-state index is -5.47. The fourth-order valence-electron chi connectivity index (χ4n) is 1.03. The van der Waals surface area contributed by atoms with Crippen molar-refractivity contribution in [2.24, 2.45) is 0 Å². The van der Waals surface area contributed by atoms with E-state index in [1.807, 2.05) is 0 Å². The molecule has 1 aromatic carbocycles. The lowest BCUT2D eigenvalue weighted by Gasteiger charge is -2.03. The van der Waals surface area contributed by atoms with Crippen LogP contribution in [0.4, 0.5) is 18.4 Å². The maximum atomic E-state index is 13.1. The van der Waals surface area contributed by atoms with Crippen LogP contribution in [0.3, 0.4) is 0 Å². The normalized spacial score (nSPS) is 11.5. The Hall–Kier alpha value is -1.64. The van der Waals surface area contributed by atoms with Crippen molar-refractivity contribution in [1.29, 1.82) is 0 Å². The van der Waals surface area contributed by atoms with Crippen molar-refractivity contribution >= 4 is 15.9 Å². The van der Waals surface area contributed by atoms with E-state index in [0.717, 1.165) is 6.92 Å². The smallest absolute Gasteiger partial charge is 0.258 e. The first-order chi connectivity index (χ1) is 7.16. The average molecular weight is 255 g/mol. The molecule has 0 fully saturated rings. The molecule has 0 aliphatic carbocycles. The maximum absolute atomic E-state index is 13.1. The molecular weight excluding hydrogens is 251 g/mol. The van der Waals surface area contributed by atoms with E-state index in [9.17, 15) is 31.2 Å². The molecule has 1 aromatic rings. The van der Waals surface area contributed by atoms with Crippen LogP contribution in [0.15, 0.2) is 11.0 Å². The van der Waals surface area contributed by atoms with E-state index in [-0.39, 0.29) is 6.07 Å². The Morgan fingerprint density at radius 3 is 2.19 bits per heavy atom.